The number of benzene rings is 2. The molecule has 0 aromatic heterocycles. The van der Waals surface area contributed by atoms with Gasteiger partial charge in [0.15, 0.2) is 0 Å². The number of hydrogen-bond donors (Lipinski definition) is 1. The summed E-state index contributed by atoms with van der Waals surface area (Å²) >= 11 is 5.60. The molecule has 2 aromatic carbocycles. The van der Waals surface area contributed by atoms with E-state index in [-0.39, 0.29) is 11.6 Å². The first-order valence-corrected chi connectivity index (χ1v) is 6.33. The standard InChI is InChI=1S/C15H14ClFO2/c16-14-7-6-11(9-15(14)17)8-12(18)10-19-13-4-2-1-3-5-13/h1-7,9,12,18H,8,10H2. The monoisotopic (exact) mass is 280 g/mol. The van der Waals surface area contributed by atoms with Crippen LogP contribution in [0.15, 0.2) is 48.5 Å². The third kappa shape index (κ3) is 4.23. The number of rotatable bonds is 5. The van der Waals surface area contributed by atoms with Crippen molar-refractivity contribution in [1.29, 1.82) is 0 Å². The van der Waals surface area contributed by atoms with Crippen LogP contribution in [0.2, 0.25) is 5.02 Å². The van der Waals surface area contributed by atoms with E-state index in [1.165, 1.54) is 12.1 Å². The fourth-order valence-corrected chi connectivity index (χ4v) is 1.82. The molecular weight excluding hydrogens is 267 g/mol. The van der Waals surface area contributed by atoms with Gasteiger partial charge in [-0.05, 0) is 29.8 Å². The molecule has 0 saturated carbocycles. The third-order valence-corrected chi connectivity index (χ3v) is 2.95. The van der Waals surface area contributed by atoms with Crippen LogP contribution < -0.4 is 4.74 Å². The van der Waals surface area contributed by atoms with Gasteiger partial charge in [-0.25, -0.2) is 4.39 Å². The molecule has 0 bridgehead atoms. The average Bonchev–Trinajstić information content (AvgIpc) is 2.42. The van der Waals surface area contributed by atoms with Crippen LogP contribution in [0.1, 0.15) is 5.56 Å². The summed E-state index contributed by atoms with van der Waals surface area (Å²) in [6.45, 7) is 0.161. The molecule has 1 N–H and O–H groups in total. The lowest BCUT2D eigenvalue weighted by Gasteiger charge is -2.12. The van der Waals surface area contributed by atoms with E-state index in [1.807, 2.05) is 30.3 Å². The van der Waals surface area contributed by atoms with E-state index in [1.54, 1.807) is 6.07 Å². The third-order valence-electron chi connectivity index (χ3n) is 2.64. The van der Waals surface area contributed by atoms with Gasteiger partial charge in [-0.3, -0.25) is 0 Å². The van der Waals surface area contributed by atoms with Crippen LogP contribution in [0.3, 0.4) is 0 Å². The molecule has 0 aliphatic carbocycles. The summed E-state index contributed by atoms with van der Waals surface area (Å²) in [5, 5.41) is 9.93. The minimum atomic E-state index is -0.694. The molecule has 100 valence electrons. The minimum Gasteiger partial charge on any atom is -0.491 e. The Morgan fingerprint density at radius 3 is 2.58 bits per heavy atom. The molecule has 0 spiro atoms. The van der Waals surface area contributed by atoms with Gasteiger partial charge < -0.3 is 9.84 Å². The van der Waals surface area contributed by atoms with Gasteiger partial charge >= 0.3 is 0 Å². The van der Waals surface area contributed by atoms with Crippen molar-refractivity contribution in [2.45, 2.75) is 12.5 Å². The van der Waals surface area contributed by atoms with E-state index < -0.39 is 11.9 Å². The van der Waals surface area contributed by atoms with Crippen molar-refractivity contribution in [3.63, 3.8) is 0 Å². The molecule has 2 nitrogen and oxygen atoms in total. The number of ether oxygens (including phenoxy) is 1. The molecule has 2 aromatic rings. The Balaban J connectivity index is 1.87. The number of aliphatic hydroxyl groups excluding tert-OH is 1. The van der Waals surface area contributed by atoms with Crippen molar-refractivity contribution < 1.29 is 14.2 Å². The van der Waals surface area contributed by atoms with Crippen LogP contribution in [0.5, 0.6) is 5.75 Å². The fourth-order valence-electron chi connectivity index (χ4n) is 1.71. The molecule has 0 radical (unpaired) electrons. The first-order valence-electron chi connectivity index (χ1n) is 5.95. The van der Waals surface area contributed by atoms with E-state index in [0.717, 1.165) is 0 Å². The molecular formula is C15H14ClFO2. The van der Waals surface area contributed by atoms with Crippen molar-refractivity contribution in [3.8, 4) is 5.75 Å². The van der Waals surface area contributed by atoms with Crippen molar-refractivity contribution in [2.24, 2.45) is 0 Å². The van der Waals surface area contributed by atoms with Crippen LogP contribution in [0.25, 0.3) is 0 Å². The number of aliphatic hydroxyl groups is 1. The second-order valence-corrected chi connectivity index (χ2v) is 4.64. The zero-order chi connectivity index (χ0) is 13.7. The van der Waals surface area contributed by atoms with Gasteiger partial charge in [0, 0.05) is 6.42 Å². The summed E-state index contributed by atoms with van der Waals surface area (Å²) in [4.78, 5) is 0. The maximum atomic E-state index is 13.2. The Bertz CT molecular complexity index is 531. The number of para-hydroxylation sites is 1. The minimum absolute atomic E-state index is 0.0822. The van der Waals surface area contributed by atoms with Crippen LogP contribution in [-0.2, 0) is 6.42 Å². The van der Waals surface area contributed by atoms with Gasteiger partial charge in [-0.15, -0.1) is 0 Å². The van der Waals surface area contributed by atoms with Crippen LogP contribution in [0.4, 0.5) is 4.39 Å². The molecule has 0 saturated heterocycles. The maximum Gasteiger partial charge on any atom is 0.142 e. The van der Waals surface area contributed by atoms with Gasteiger partial charge in [0.1, 0.15) is 18.2 Å². The lowest BCUT2D eigenvalue weighted by atomic mass is 10.1. The largest absolute Gasteiger partial charge is 0.491 e. The van der Waals surface area contributed by atoms with Gasteiger partial charge in [0.2, 0.25) is 0 Å². The highest BCUT2D eigenvalue weighted by atomic mass is 35.5. The Kier molecular flexibility index (Phi) is 4.77. The smallest absolute Gasteiger partial charge is 0.142 e. The molecule has 0 aliphatic rings. The predicted molar refractivity (Wildman–Crippen MR) is 73.1 cm³/mol. The highest BCUT2D eigenvalue weighted by molar-refractivity contribution is 6.30. The first-order chi connectivity index (χ1) is 9.15. The molecule has 1 atom stereocenters. The van der Waals surface area contributed by atoms with E-state index in [4.69, 9.17) is 16.3 Å². The Hall–Kier alpha value is -1.58. The lowest BCUT2D eigenvalue weighted by Crippen LogP contribution is -2.20. The summed E-state index contributed by atoms with van der Waals surface area (Å²) < 4.78 is 18.7. The van der Waals surface area contributed by atoms with Crippen molar-refractivity contribution in [2.75, 3.05) is 6.61 Å². The van der Waals surface area contributed by atoms with Gasteiger partial charge in [0.25, 0.3) is 0 Å². The summed E-state index contributed by atoms with van der Waals surface area (Å²) in [5.41, 5.74) is 0.686. The molecule has 0 amide bonds. The number of halogens is 2. The highest BCUT2D eigenvalue weighted by Gasteiger charge is 2.08. The Morgan fingerprint density at radius 2 is 1.89 bits per heavy atom. The molecule has 1 unspecified atom stereocenters. The topological polar surface area (TPSA) is 29.5 Å². The van der Waals surface area contributed by atoms with E-state index >= 15 is 0 Å². The van der Waals surface area contributed by atoms with Gasteiger partial charge in [0.05, 0.1) is 11.1 Å². The average molecular weight is 281 g/mol. The summed E-state index contributed by atoms with van der Waals surface area (Å²) in [7, 11) is 0. The quantitative estimate of drug-likeness (QED) is 0.909. The van der Waals surface area contributed by atoms with Crippen molar-refractivity contribution in [1.82, 2.24) is 0 Å². The fraction of sp³-hybridized carbons (Fsp3) is 0.200. The second-order valence-electron chi connectivity index (χ2n) is 4.23. The predicted octanol–water partition coefficient (Wildman–Crippen LogP) is 3.46. The summed E-state index contributed by atoms with van der Waals surface area (Å²) in [6.07, 6.45) is -0.373. The zero-order valence-electron chi connectivity index (χ0n) is 10.2. The van der Waals surface area contributed by atoms with Gasteiger partial charge in [-0.1, -0.05) is 35.9 Å². The zero-order valence-corrected chi connectivity index (χ0v) is 11.0. The van der Waals surface area contributed by atoms with Crippen molar-refractivity contribution >= 4 is 11.6 Å². The SMILES string of the molecule is OC(COc1ccccc1)Cc1ccc(Cl)c(F)c1. The highest BCUT2D eigenvalue weighted by Crippen LogP contribution is 2.17. The summed E-state index contributed by atoms with van der Waals surface area (Å²) in [6, 6.07) is 13.7. The van der Waals surface area contributed by atoms with Crippen LogP contribution >= 0.6 is 11.6 Å². The van der Waals surface area contributed by atoms with Crippen molar-refractivity contribution in [3.05, 3.63) is 64.9 Å². The molecule has 0 aliphatic heterocycles. The van der Waals surface area contributed by atoms with E-state index in [0.29, 0.717) is 17.7 Å². The van der Waals surface area contributed by atoms with Crippen LogP contribution in [0, 0.1) is 5.82 Å². The second kappa shape index (κ2) is 6.55. The van der Waals surface area contributed by atoms with Gasteiger partial charge in [-0.2, -0.15) is 0 Å². The lowest BCUT2D eigenvalue weighted by molar-refractivity contribution is 0.107. The molecule has 0 heterocycles. The Labute approximate surface area is 116 Å². The molecule has 4 heteroatoms. The van der Waals surface area contributed by atoms with E-state index in [2.05, 4.69) is 0 Å². The number of hydrogen-bond acceptors (Lipinski definition) is 2. The molecule has 2 rings (SSSR count). The summed E-state index contributed by atoms with van der Waals surface area (Å²) in [5.74, 6) is 0.221. The molecule has 19 heavy (non-hydrogen) atoms. The Morgan fingerprint density at radius 1 is 1.16 bits per heavy atom. The van der Waals surface area contributed by atoms with Crippen LogP contribution in [-0.4, -0.2) is 17.8 Å². The normalized spacial score (nSPS) is 12.2. The maximum absolute atomic E-state index is 13.2. The molecule has 0 fully saturated rings. The van der Waals surface area contributed by atoms with E-state index in [9.17, 15) is 9.50 Å². The first kappa shape index (κ1) is 13.8.